The molecule has 0 unspecified atom stereocenters. The maximum absolute atomic E-state index is 5.84. The summed E-state index contributed by atoms with van der Waals surface area (Å²) in [5, 5.41) is 7.78. The monoisotopic (exact) mass is 194 g/mol. The van der Waals surface area contributed by atoms with Crippen molar-refractivity contribution in [1.82, 2.24) is 9.78 Å². The lowest BCUT2D eigenvalue weighted by Crippen LogP contribution is -2.44. The topological polar surface area (TPSA) is 55.9 Å². The van der Waals surface area contributed by atoms with Crippen molar-refractivity contribution in [3.63, 3.8) is 0 Å². The Kier molecular flexibility index (Phi) is 2.13. The van der Waals surface area contributed by atoms with Crippen molar-refractivity contribution >= 4 is 11.5 Å². The molecule has 1 fully saturated rings. The second kappa shape index (κ2) is 3.19. The molecule has 1 aromatic heterocycles. The molecular weight excluding hydrogens is 176 g/mol. The average Bonchev–Trinajstić information content (AvgIpc) is 2.38. The maximum Gasteiger partial charge on any atom is 0.171 e. The zero-order chi connectivity index (χ0) is 10.2. The van der Waals surface area contributed by atoms with Gasteiger partial charge in [0.15, 0.2) is 5.82 Å². The first-order valence-electron chi connectivity index (χ1n) is 5.22. The van der Waals surface area contributed by atoms with Crippen molar-refractivity contribution in [2.75, 3.05) is 11.1 Å². The molecule has 3 N–H and O–H groups in total. The summed E-state index contributed by atoms with van der Waals surface area (Å²) >= 11 is 0. The van der Waals surface area contributed by atoms with E-state index in [-0.39, 0.29) is 5.54 Å². The van der Waals surface area contributed by atoms with Crippen LogP contribution >= 0.6 is 0 Å². The van der Waals surface area contributed by atoms with Crippen molar-refractivity contribution in [3.8, 4) is 0 Å². The first-order chi connectivity index (χ1) is 6.65. The standard InChI is InChI=1S/C10H18N4/c1-3-10(5-4-6-10)12-9-8(11)7-14(2)13-9/h7H,3-6,11H2,1-2H3,(H,12,13). The summed E-state index contributed by atoms with van der Waals surface area (Å²) in [7, 11) is 1.89. The lowest BCUT2D eigenvalue weighted by molar-refractivity contribution is 0.268. The quantitative estimate of drug-likeness (QED) is 0.770. The molecule has 0 bridgehead atoms. The first kappa shape index (κ1) is 9.37. The molecule has 0 atom stereocenters. The number of anilines is 2. The highest BCUT2D eigenvalue weighted by Gasteiger charge is 2.35. The third-order valence-electron chi connectivity index (χ3n) is 3.23. The predicted molar refractivity (Wildman–Crippen MR) is 58.1 cm³/mol. The molecule has 14 heavy (non-hydrogen) atoms. The number of aryl methyl sites for hydroxylation is 1. The lowest BCUT2D eigenvalue weighted by atomic mass is 9.75. The van der Waals surface area contributed by atoms with E-state index in [9.17, 15) is 0 Å². The summed E-state index contributed by atoms with van der Waals surface area (Å²) in [5.74, 6) is 0.842. The number of nitrogens with zero attached hydrogens (tertiary/aromatic N) is 2. The summed E-state index contributed by atoms with van der Waals surface area (Å²) < 4.78 is 1.75. The number of aromatic nitrogens is 2. The van der Waals surface area contributed by atoms with Crippen LogP contribution in [0.25, 0.3) is 0 Å². The van der Waals surface area contributed by atoms with Gasteiger partial charge in [-0.15, -0.1) is 0 Å². The second-order valence-corrected chi connectivity index (χ2v) is 4.22. The van der Waals surface area contributed by atoms with Crippen LogP contribution in [0.5, 0.6) is 0 Å². The molecule has 1 heterocycles. The van der Waals surface area contributed by atoms with Gasteiger partial charge in [-0.1, -0.05) is 6.92 Å². The van der Waals surface area contributed by atoms with Gasteiger partial charge in [-0.05, 0) is 25.7 Å². The number of nitrogens with one attached hydrogen (secondary N) is 1. The van der Waals surface area contributed by atoms with Crippen LogP contribution in [0.1, 0.15) is 32.6 Å². The van der Waals surface area contributed by atoms with E-state index >= 15 is 0 Å². The summed E-state index contributed by atoms with van der Waals surface area (Å²) in [6.07, 6.45) is 6.76. The van der Waals surface area contributed by atoms with E-state index in [1.165, 1.54) is 19.3 Å². The van der Waals surface area contributed by atoms with E-state index < -0.39 is 0 Å². The van der Waals surface area contributed by atoms with Crippen LogP contribution in [-0.2, 0) is 7.05 Å². The van der Waals surface area contributed by atoms with Gasteiger partial charge in [0, 0.05) is 18.8 Å². The smallest absolute Gasteiger partial charge is 0.171 e. The van der Waals surface area contributed by atoms with Gasteiger partial charge in [-0.25, -0.2) is 0 Å². The Morgan fingerprint density at radius 1 is 1.64 bits per heavy atom. The van der Waals surface area contributed by atoms with E-state index in [0.717, 1.165) is 17.9 Å². The zero-order valence-corrected chi connectivity index (χ0v) is 8.88. The SMILES string of the molecule is CCC1(Nc2nn(C)cc2N)CCC1. The highest BCUT2D eigenvalue weighted by molar-refractivity contribution is 5.61. The van der Waals surface area contributed by atoms with Crippen molar-refractivity contribution in [3.05, 3.63) is 6.20 Å². The molecule has 1 aromatic rings. The van der Waals surface area contributed by atoms with E-state index in [0.29, 0.717) is 0 Å². The molecule has 0 spiro atoms. The summed E-state index contributed by atoms with van der Waals surface area (Å²) in [5.41, 5.74) is 6.85. The van der Waals surface area contributed by atoms with Crippen molar-refractivity contribution < 1.29 is 0 Å². The van der Waals surface area contributed by atoms with Crippen molar-refractivity contribution in [2.45, 2.75) is 38.1 Å². The molecule has 1 aliphatic carbocycles. The summed E-state index contributed by atoms with van der Waals surface area (Å²) in [6, 6.07) is 0. The molecule has 4 heteroatoms. The van der Waals surface area contributed by atoms with Crippen LogP contribution in [0, 0.1) is 0 Å². The van der Waals surface area contributed by atoms with Crippen molar-refractivity contribution in [1.29, 1.82) is 0 Å². The predicted octanol–water partition coefficient (Wildman–Crippen LogP) is 1.75. The van der Waals surface area contributed by atoms with Gasteiger partial charge in [-0.2, -0.15) is 5.10 Å². The molecular formula is C10H18N4. The Bertz CT molecular complexity index is 319. The van der Waals surface area contributed by atoms with E-state index in [1.807, 2.05) is 13.2 Å². The van der Waals surface area contributed by atoms with Crippen LogP contribution in [0.15, 0.2) is 6.20 Å². The third kappa shape index (κ3) is 1.45. The number of hydrogen-bond acceptors (Lipinski definition) is 3. The molecule has 0 amide bonds. The molecule has 2 rings (SSSR count). The lowest BCUT2D eigenvalue weighted by Gasteiger charge is -2.42. The number of nitrogens with two attached hydrogens (primary N) is 1. The molecule has 4 nitrogen and oxygen atoms in total. The van der Waals surface area contributed by atoms with Crippen LogP contribution < -0.4 is 11.1 Å². The van der Waals surface area contributed by atoms with Gasteiger partial charge < -0.3 is 11.1 Å². The molecule has 1 aliphatic rings. The maximum atomic E-state index is 5.84. The Morgan fingerprint density at radius 3 is 2.71 bits per heavy atom. The largest absolute Gasteiger partial charge is 0.394 e. The third-order valence-corrected chi connectivity index (χ3v) is 3.23. The Labute approximate surface area is 84.5 Å². The van der Waals surface area contributed by atoms with Crippen LogP contribution in [0.3, 0.4) is 0 Å². The summed E-state index contributed by atoms with van der Waals surface area (Å²) in [6.45, 7) is 2.21. The van der Waals surface area contributed by atoms with Gasteiger partial charge in [0.2, 0.25) is 0 Å². The Balaban J connectivity index is 2.13. The Hall–Kier alpha value is -1.19. The number of hydrogen-bond donors (Lipinski definition) is 2. The molecule has 1 saturated carbocycles. The molecule has 78 valence electrons. The minimum atomic E-state index is 0.266. The van der Waals surface area contributed by atoms with Crippen molar-refractivity contribution in [2.24, 2.45) is 7.05 Å². The molecule has 0 aromatic carbocycles. The zero-order valence-electron chi connectivity index (χ0n) is 8.88. The first-order valence-corrected chi connectivity index (χ1v) is 5.22. The Morgan fingerprint density at radius 2 is 2.36 bits per heavy atom. The van der Waals surface area contributed by atoms with E-state index in [4.69, 9.17) is 5.73 Å². The number of nitrogen functional groups attached to an aromatic ring is 1. The van der Waals surface area contributed by atoms with Gasteiger partial charge in [0.25, 0.3) is 0 Å². The van der Waals surface area contributed by atoms with Crippen LogP contribution in [0.4, 0.5) is 11.5 Å². The highest BCUT2D eigenvalue weighted by Crippen LogP contribution is 2.38. The highest BCUT2D eigenvalue weighted by atomic mass is 15.3. The molecule has 0 radical (unpaired) electrons. The normalized spacial score (nSPS) is 19.0. The average molecular weight is 194 g/mol. The fourth-order valence-corrected chi connectivity index (χ4v) is 2.03. The molecule has 0 aliphatic heterocycles. The molecule has 0 saturated heterocycles. The van der Waals surface area contributed by atoms with Gasteiger partial charge in [0.1, 0.15) is 0 Å². The van der Waals surface area contributed by atoms with Gasteiger partial charge in [0.05, 0.1) is 5.69 Å². The minimum Gasteiger partial charge on any atom is -0.394 e. The summed E-state index contributed by atoms with van der Waals surface area (Å²) in [4.78, 5) is 0. The number of rotatable bonds is 3. The minimum absolute atomic E-state index is 0.266. The van der Waals surface area contributed by atoms with Gasteiger partial charge in [-0.3, -0.25) is 4.68 Å². The fraction of sp³-hybridized carbons (Fsp3) is 0.700. The van der Waals surface area contributed by atoms with E-state index in [2.05, 4.69) is 17.3 Å². The second-order valence-electron chi connectivity index (χ2n) is 4.22. The fourth-order valence-electron chi connectivity index (χ4n) is 2.03. The van der Waals surface area contributed by atoms with Gasteiger partial charge >= 0.3 is 0 Å². The van der Waals surface area contributed by atoms with E-state index in [1.54, 1.807) is 4.68 Å². The van der Waals surface area contributed by atoms with Crippen LogP contribution in [-0.4, -0.2) is 15.3 Å². The van der Waals surface area contributed by atoms with Crippen LogP contribution in [0.2, 0.25) is 0 Å².